The van der Waals surface area contributed by atoms with Gasteiger partial charge in [0.05, 0.1) is 5.51 Å². The zero-order valence-electron chi connectivity index (χ0n) is 9.55. The van der Waals surface area contributed by atoms with Crippen LogP contribution < -0.4 is 15.2 Å². The van der Waals surface area contributed by atoms with E-state index in [0.717, 1.165) is 0 Å². The van der Waals surface area contributed by atoms with Crippen molar-refractivity contribution < 1.29 is 0 Å². The molecule has 3 nitrogen and oxygen atoms in total. The zero-order valence-corrected chi connectivity index (χ0v) is 10.4. The largest absolute Gasteiger partial charge is 0.418 e. The van der Waals surface area contributed by atoms with Gasteiger partial charge in [-0.25, -0.2) is 0 Å². The van der Waals surface area contributed by atoms with Crippen LogP contribution in [0.15, 0.2) is 48.1 Å². The van der Waals surface area contributed by atoms with Crippen LogP contribution in [0.2, 0.25) is 0 Å². The molecule has 1 aliphatic rings. The Morgan fingerprint density at radius 3 is 2.33 bits per heavy atom. The fraction of sp³-hybridized carbons (Fsp3) is 0. The normalized spacial score (nSPS) is 13.2. The molecular formula is C13H10BN3S. The summed E-state index contributed by atoms with van der Waals surface area (Å²) >= 11 is 1.66. The van der Waals surface area contributed by atoms with Gasteiger partial charge in [-0.2, -0.15) is 0 Å². The second-order valence-electron chi connectivity index (χ2n) is 4.33. The number of nitrogens with one attached hydrogen (secondary N) is 2. The summed E-state index contributed by atoms with van der Waals surface area (Å²) in [6.07, 6.45) is 1.91. The lowest BCUT2D eigenvalue weighted by Crippen LogP contribution is -2.46. The fourth-order valence-electron chi connectivity index (χ4n) is 2.44. The average molecular weight is 251 g/mol. The third-order valence-electron chi connectivity index (χ3n) is 3.24. The van der Waals surface area contributed by atoms with Gasteiger partial charge >= 0.3 is 6.98 Å². The molecule has 0 spiro atoms. The highest BCUT2D eigenvalue weighted by Gasteiger charge is 2.26. The van der Waals surface area contributed by atoms with E-state index in [-0.39, 0.29) is 6.98 Å². The van der Waals surface area contributed by atoms with Gasteiger partial charge in [0.15, 0.2) is 0 Å². The summed E-state index contributed by atoms with van der Waals surface area (Å²) in [6, 6.07) is 12.7. The quantitative estimate of drug-likeness (QED) is 0.652. The molecule has 0 saturated carbocycles. The number of nitrogens with zero attached hydrogens (tertiary/aromatic N) is 1. The molecular weight excluding hydrogens is 241 g/mol. The maximum atomic E-state index is 4.14. The third-order valence-corrected chi connectivity index (χ3v) is 4.08. The Morgan fingerprint density at radius 2 is 1.72 bits per heavy atom. The molecule has 2 heterocycles. The molecule has 0 atom stereocenters. The number of rotatable bonds is 1. The van der Waals surface area contributed by atoms with E-state index >= 15 is 0 Å². The third kappa shape index (κ3) is 1.41. The molecule has 1 aliphatic heterocycles. The minimum atomic E-state index is 0.109. The summed E-state index contributed by atoms with van der Waals surface area (Å²) < 4.78 is 1.20. The van der Waals surface area contributed by atoms with Gasteiger partial charge in [-0.1, -0.05) is 24.3 Å². The van der Waals surface area contributed by atoms with E-state index in [1.165, 1.54) is 26.9 Å². The van der Waals surface area contributed by atoms with E-state index in [0.29, 0.717) is 0 Å². The maximum Gasteiger partial charge on any atom is 0.418 e. The van der Waals surface area contributed by atoms with Crippen molar-refractivity contribution in [2.45, 2.75) is 0 Å². The number of hydrogen-bond donors (Lipinski definition) is 2. The second kappa shape index (κ2) is 3.75. The van der Waals surface area contributed by atoms with Crippen molar-refractivity contribution in [3.05, 3.63) is 48.1 Å². The molecule has 0 saturated heterocycles. The Balaban J connectivity index is 1.89. The van der Waals surface area contributed by atoms with E-state index in [1.807, 2.05) is 11.7 Å². The summed E-state index contributed by atoms with van der Waals surface area (Å²) in [5, 5.41) is 9.57. The molecule has 18 heavy (non-hydrogen) atoms. The molecule has 0 aliphatic carbocycles. The van der Waals surface area contributed by atoms with Crippen molar-refractivity contribution in [1.82, 2.24) is 4.98 Å². The van der Waals surface area contributed by atoms with E-state index in [2.05, 4.69) is 51.8 Å². The molecule has 0 amide bonds. The van der Waals surface area contributed by atoms with Crippen molar-refractivity contribution in [2.24, 2.45) is 0 Å². The van der Waals surface area contributed by atoms with Gasteiger partial charge in [0.2, 0.25) is 0 Å². The van der Waals surface area contributed by atoms with Gasteiger partial charge in [0.1, 0.15) is 0 Å². The van der Waals surface area contributed by atoms with Crippen LogP contribution in [0.1, 0.15) is 0 Å². The number of hydrogen-bond acceptors (Lipinski definition) is 4. The van der Waals surface area contributed by atoms with Gasteiger partial charge in [0, 0.05) is 27.7 Å². The average Bonchev–Trinajstić information content (AvgIpc) is 2.93. The molecule has 5 heteroatoms. The minimum absolute atomic E-state index is 0.109. The van der Waals surface area contributed by atoms with Crippen molar-refractivity contribution in [3.8, 4) is 0 Å². The first-order valence-electron chi connectivity index (χ1n) is 5.85. The summed E-state index contributed by atoms with van der Waals surface area (Å²) in [5.41, 5.74) is 4.22. The lowest BCUT2D eigenvalue weighted by molar-refractivity contribution is 1.43. The van der Waals surface area contributed by atoms with Crippen molar-refractivity contribution in [2.75, 3.05) is 10.5 Å². The van der Waals surface area contributed by atoms with Crippen LogP contribution in [0.4, 0.5) is 11.4 Å². The van der Waals surface area contributed by atoms with Gasteiger partial charge in [-0.3, -0.25) is 4.98 Å². The first-order valence-corrected chi connectivity index (χ1v) is 6.73. The van der Waals surface area contributed by atoms with E-state index in [1.54, 1.807) is 11.3 Å². The van der Waals surface area contributed by atoms with Crippen LogP contribution in [0.25, 0.3) is 10.8 Å². The monoisotopic (exact) mass is 251 g/mol. The minimum Gasteiger partial charge on any atom is -0.404 e. The lowest BCUT2D eigenvalue weighted by atomic mass is 9.72. The molecule has 0 fully saturated rings. The lowest BCUT2D eigenvalue weighted by Gasteiger charge is -2.25. The van der Waals surface area contributed by atoms with Crippen molar-refractivity contribution in [1.29, 1.82) is 0 Å². The molecule has 0 unspecified atom stereocenters. The predicted octanol–water partition coefficient (Wildman–Crippen LogP) is 2.53. The molecule has 3 aromatic rings. The van der Waals surface area contributed by atoms with Crippen LogP contribution in [0, 0.1) is 0 Å². The molecule has 2 N–H and O–H groups in total. The number of anilines is 2. The molecule has 0 radical (unpaired) electrons. The van der Waals surface area contributed by atoms with Crippen LogP contribution >= 0.6 is 11.3 Å². The topological polar surface area (TPSA) is 37.0 Å². The molecule has 2 aromatic carbocycles. The highest BCUT2D eigenvalue weighted by Crippen LogP contribution is 2.33. The van der Waals surface area contributed by atoms with E-state index in [9.17, 15) is 0 Å². The first-order chi connectivity index (χ1) is 8.92. The maximum absolute atomic E-state index is 4.14. The summed E-state index contributed by atoms with van der Waals surface area (Å²) in [7, 11) is 0. The Kier molecular flexibility index (Phi) is 2.08. The van der Waals surface area contributed by atoms with E-state index < -0.39 is 0 Å². The SMILES string of the molecule is c1cc2c3c(cccc3c1)NB(c1cncs1)N2. The second-order valence-corrected chi connectivity index (χ2v) is 5.25. The van der Waals surface area contributed by atoms with Crippen LogP contribution in [-0.2, 0) is 0 Å². The Labute approximate surface area is 109 Å². The van der Waals surface area contributed by atoms with Gasteiger partial charge in [-0.15, -0.1) is 11.3 Å². The summed E-state index contributed by atoms with van der Waals surface area (Å²) in [4.78, 5) is 4.14. The van der Waals surface area contributed by atoms with Crippen LogP contribution in [-0.4, -0.2) is 12.0 Å². The smallest absolute Gasteiger partial charge is 0.404 e. The summed E-state index contributed by atoms with van der Waals surface area (Å²) in [5.74, 6) is 0. The molecule has 0 bridgehead atoms. The Hall–Kier alpha value is -2.01. The number of aromatic nitrogens is 1. The molecule has 86 valence electrons. The van der Waals surface area contributed by atoms with Crippen LogP contribution in [0.3, 0.4) is 0 Å². The summed E-state index contributed by atoms with van der Waals surface area (Å²) in [6.45, 7) is 0.109. The Bertz CT molecular complexity index is 671. The predicted molar refractivity (Wildman–Crippen MR) is 78.7 cm³/mol. The van der Waals surface area contributed by atoms with Crippen LogP contribution in [0.5, 0.6) is 0 Å². The first kappa shape index (κ1) is 9.97. The zero-order chi connectivity index (χ0) is 11.9. The van der Waals surface area contributed by atoms with Crippen molar-refractivity contribution in [3.63, 3.8) is 0 Å². The van der Waals surface area contributed by atoms with Gasteiger partial charge in [0.25, 0.3) is 0 Å². The number of thiazole rings is 1. The molecule has 1 aromatic heterocycles. The highest BCUT2D eigenvalue weighted by atomic mass is 32.1. The van der Waals surface area contributed by atoms with E-state index in [4.69, 9.17) is 0 Å². The fourth-order valence-corrected chi connectivity index (χ4v) is 3.06. The van der Waals surface area contributed by atoms with Gasteiger partial charge < -0.3 is 10.5 Å². The van der Waals surface area contributed by atoms with Gasteiger partial charge in [-0.05, 0) is 17.5 Å². The highest BCUT2D eigenvalue weighted by molar-refractivity contribution is 7.22. The van der Waals surface area contributed by atoms with Crippen molar-refractivity contribution >= 4 is 45.2 Å². The Morgan fingerprint density at radius 1 is 1.00 bits per heavy atom. The number of benzene rings is 2. The molecule has 4 rings (SSSR count). The standard InChI is InChI=1S/C13H10BN3S/c1-3-9-4-2-6-11-13(9)10(5-1)16-14(17-11)12-7-15-8-18-12/h1-8,16-17H.